The van der Waals surface area contributed by atoms with Gasteiger partial charge in [-0.25, -0.2) is 19.6 Å². The molecule has 2 aromatic heterocycles. The summed E-state index contributed by atoms with van der Waals surface area (Å²) < 4.78 is 58.3. The van der Waals surface area contributed by atoms with E-state index in [4.69, 9.17) is 24.2 Å². The van der Waals surface area contributed by atoms with Crippen LogP contribution in [-0.4, -0.2) is 84.0 Å². The smallest absolute Gasteiger partial charge is 0.418 e. The van der Waals surface area contributed by atoms with E-state index in [9.17, 15) is 22.8 Å². The third kappa shape index (κ3) is 11.2. The van der Waals surface area contributed by atoms with Crippen LogP contribution in [0.1, 0.15) is 72.6 Å². The summed E-state index contributed by atoms with van der Waals surface area (Å²) in [5.41, 5.74) is 2.21. The Bertz CT molecular complexity index is 2030. The molecule has 0 spiro atoms. The number of aromatic amines is 1. The summed E-state index contributed by atoms with van der Waals surface area (Å²) in [4.78, 5) is 39.2. The number of alkyl carbamates (subject to hydrolysis) is 1. The molecule has 0 bridgehead atoms. The standard InChI is InChI=1S/C40H47F3N6O5/c1-39(2,3)54-38(51)45-19-11-21-49(4)20-10-18-44-35-33-30-17-16-29(37(50)52-5)24-31(30)46-36(33)48-32(47-35)23-27-14-9-15-28(22-27)34(40(41,42)43)53-25-26-12-7-6-8-13-26/h6-9,12-17,22,24,34H,10-11,18-21,23,25H2,1-5H3,(H,45,51)(H2,44,46,47,48). The minimum atomic E-state index is -4.63. The van der Waals surface area contributed by atoms with Crippen molar-refractivity contribution in [3.8, 4) is 0 Å². The minimum Gasteiger partial charge on any atom is -0.465 e. The fraction of sp³-hybridized carbons (Fsp3) is 0.400. The predicted octanol–water partition coefficient (Wildman–Crippen LogP) is 7.96. The topological polar surface area (TPSA) is 131 Å². The normalized spacial score (nSPS) is 12.6. The van der Waals surface area contributed by atoms with Gasteiger partial charge >= 0.3 is 18.2 Å². The molecule has 0 radical (unpaired) electrons. The molecule has 0 saturated carbocycles. The first-order valence-electron chi connectivity index (χ1n) is 17.8. The first-order valence-corrected chi connectivity index (χ1v) is 17.8. The summed E-state index contributed by atoms with van der Waals surface area (Å²) in [5, 5.41) is 7.75. The number of carbonyl (C=O) groups is 2. The first kappa shape index (κ1) is 40.0. The quantitative estimate of drug-likeness (QED) is 0.0680. The molecule has 14 heteroatoms. The lowest BCUT2D eigenvalue weighted by Gasteiger charge is -2.22. The Hall–Kier alpha value is -5.21. The van der Waals surface area contributed by atoms with Gasteiger partial charge < -0.3 is 34.7 Å². The molecule has 0 saturated heterocycles. The number of nitrogens with zero attached hydrogens (tertiary/aromatic N) is 3. The fourth-order valence-corrected chi connectivity index (χ4v) is 6.00. The lowest BCUT2D eigenvalue weighted by molar-refractivity contribution is -0.227. The highest BCUT2D eigenvalue weighted by atomic mass is 19.4. The largest absolute Gasteiger partial charge is 0.465 e. The summed E-state index contributed by atoms with van der Waals surface area (Å²) in [6, 6.07) is 20.1. The lowest BCUT2D eigenvalue weighted by Crippen LogP contribution is -2.34. The molecule has 2 heterocycles. The van der Waals surface area contributed by atoms with Crippen LogP contribution < -0.4 is 10.6 Å². The van der Waals surface area contributed by atoms with Crippen LogP contribution in [0.2, 0.25) is 0 Å². The molecular formula is C40H47F3N6O5. The molecule has 0 aliphatic carbocycles. The highest BCUT2D eigenvalue weighted by molar-refractivity contribution is 6.12. The molecule has 54 heavy (non-hydrogen) atoms. The number of fused-ring (bicyclic) bond motifs is 3. The number of hydrogen-bond donors (Lipinski definition) is 3. The molecule has 1 unspecified atom stereocenters. The molecule has 0 fully saturated rings. The van der Waals surface area contributed by atoms with Gasteiger partial charge in [-0.2, -0.15) is 13.2 Å². The number of esters is 1. The monoisotopic (exact) mass is 748 g/mol. The van der Waals surface area contributed by atoms with Crippen LogP contribution in [0.25, 0.3) is 21.9 Å². The van der Waals surface area contributed by atoms with Crippen LogP contribution in [0.15, 0.2) is 72.8 Å². The maximum Gasteiger partial charge on any atom is 0.418 e. The number of carbonyl (C=O) groups excluding carboxylic acids is 2. The number of ether oxygens (including phenoxy) is 3. The van der Waals surface area contributed by atoms with Crippen molar-refractivity contribution in [3.05, 3.63) is 101 Å². The number of amides is 1. The second-order valence-electron chi connectivity index (χ2n) is 14.1. The number of rotatable bonds is 16. The van der Waals surface area contributed by atoms with Gasteiger partial charge in [0.2, 0.25) is 0 Å². The number of alkyl halides is 3. The molecule has 5 rings (SSSR count). The Morgan fingerprint density at radius 2 is 1.63 bits per heavy atom. The Morgan fingerprint density at radius 3 is 2.33 bits per heavy atom. The average molecular weight is 749 g/mol. The summed E-state index contributed by atoms with van der Waals surface area (Å²) in [5.74, 6) is 0.479. The van der Waals surface area contributed by atoms with Gasteiger partial charge in [0.25, 0.3) is 0 Å². The van der Waals surface area contributed by atoms with Gasteiger partial charge in [-0.3, -0.25) is 0 Å². The Kier molecular flexibility index (Phi) is 13.1. The Morgan fingerprint density at radius 1 is 0.907 bits per heavy atom. The zero-order valence-corrected chi connectivity index (χ0v) is 31.2. The van der Waals surface area contributed by atoms with Crippen molar-refractivity contribution >= 4 is 39.8 Å². The second kappa shape index (κ2) is 17.7. The van der Waals surface area contributed by atoms with Gasteiger partial charge in [0.15, 0.2) is 6.10 Å². The van der Waals surface area contributed by atoms with Crippen LogP contribution in [0.4, 0.5) is 23.8 Å². The van der Waals surface area contributed by atoms with Crippen molar-refractivity contribution in [2.45, 2.75) is 64.5 Å². The number of hydrogen-bond acceptors (Lipinski definition) is 9. The summed E-state index contributed by atoms with van der Waals surface area (Å²) in [6.45, 7) is 7.88. The zero-order chi connectivity index (χ0) is 38.9. The first-order chi connectivity index (χ1) is 25.7. The molecule has 0 aliphatic heterocycles. The van der Waals surface area contributed by atoms with Gasteiger partial charge in [-0.1, -0.05) is 60.7 Å². The van der Waals surface area contributed by atoms with Crippen LogP contribution in [0.3, 0.4) is 0 Å². The number of H-pyrrole nitrogens is 1. The van der Waals surface area contributed by atoms with Crippen LogP contribution in [-0.2, 0) is 27.2 Å². The van der Waals surface area contributed by atoms with E-state index in [-0.39, 0.29) is 18.6 Å². The van der Waals surface area contributed by atoms with E-state index in [0.29, 0.717) is 52.6 Å². The van der Waals surface area contributed by atoms with Gasteiger partial charge in [0.05, 0.1) is 24.7 Å². The van der Waals surface area contributed by atoms with Crippen LogP contribution in [0, 0.1) is 0 Å². The van der Waals surface area contributed by atoms with Crippen molar-refractivity contribution in [1.29, 1.82) is 0 Å². The van der Waals surface area contributed by atoms with Gasteiger partial charge in [0.1, 0.15) is 22.9 Å². The van der Waals surface area contributed by atoms with E-state index in [1.807, 2.05) is 33.9 Å². The van der Waals surface area contributed by atoms with Gasteiger partial charge in [-0.05, 0) is 82.6 Å². The van der Waals surface area contributed by atoms with E-state index >= 15 is 0 Å². The summed E-state index contributed by atoms with van der Waals surface area (Å²) >= 11 is 0. The molecule has 1 atom stereocenters. The van der Waals surface area contributed by atoms with Crippen LogP contribution in [0.5, 0.6) is 0 Å². The second-order valence-corrected chi connectivity index (χ2v) is 14.1. The Balaban J connectivity index is 1.31. The van der Waals surface area contributed by atoms with E-state index in [1.165, 1.54) is 19.2 Å². The molecule has 0 aliphatic rings. The van der Waals surface area contributed by atoms with Crippen molar-refractivity contribution in [1.82, 2.24) is 25.2 Å². The number of nitrogens with one attached hydrogen (secondary N) is 3. The van der Waals surface area contributed by atoms with Crippen molar-refractivity contribution in [3.63, 3.8) is 0 Å². The molecule has 288 valence electrons. The molecular weight excluding hydrogens is 701 g/mol. The van der Waals surface area contributed by atoms with Crippen molar-refractivity contribution < 1.29 is 37.0 Å². The third-order valence-electron chi connectivity index (χ3n) is 8.49. The van der Waals surface area contributed by atoms with E-state index in [2.05, 4.69) is 20.5 Å². The average Bonchev–Trinajstić information content (AvgIpc) is 3.49. The van der Waals surface area contributed by atoms with Gasteiger partial charge in [-0.15, -0.1) is 0 Å². The molecule has 3 N–H and O–H groups in total. The molecule has 1 amide bonds. The lowest BCUT2D eigenvalue weighted by atomic mass is 10.0. The predicted molar refractivity (Wildman–Crippen MR) is 201 cm³/mol. The number of anilines is 1. The molecule has 5 aromatic rings. The number of aromatic nitrogens is 3. The summed E-state index contributed by atoms with van der Waals surface area (Å²) in [7, 11) is 3.33. The number of benzene rings is 3. The van der Waals surface area contributed by atoms with E-state index in [1.54, 1.807) is 54.6 Å². The SMILES string of the molecule is COC(=O)c1ccc2c(c1)[nH]c1nc(Cc3cccc(C(OCc4ccccc4)C(F)(F)F)c3)nc(NCCCN(C)CCCNC(=O)OC(C)(C)C)c12. The molecule has 11 nitrogen and oxygen atoms in total. The minimum absolute atomic E-state index is 0.0129. The highest BCUT2D eigenvalue weighted by Gasteiger charge is 2.42. The molecule has 3 aromatic carbocycles. The maximum atomic E-state index is 14.2. The van der Waals surface area contributed by atoms with E-state index in [0.717, 1.165) is 36.7 Å². The Labute approximate surface area is 312 Å². The van der Waals surface area contributed by atoms with Crippen molar-refractivity contribution in [2.75, 3.05) is 45.7 Å². The zero-order valence-electron chi connectivity index (χ0n) is 31.2. The summed E-state index contributed by atoms with van der Waals surface area (Å²) in [6.07, 6.45) is -5.49. The maximum absolute atomic E-state index is 14.2. The van der Waals surface area contributed by atoms with E-state index < -0.39 is 29.9 Å². The fourth-order valence-electron chi connectivity index (χ4n) is 6.00. The third-order valence-corrected chi connectivity index (χ3v) is 8.49. The van der Waals surface area contributed by atoms with Crippen molar-refractivity contribution in [2.24, 2.45) is 0 Å². The van der Waals surface area contributed by atoms with Gasteiger partial charge in [0, 0.05) is 30.4 Å². The van der Waals surface area contributed by atoms with Crippen LogP contribution >= 0.6 is 0 Å². The number of methoxy groups -OCH3 is 1. The number of halogens is 3. The highest BCUT2D eigenvalue weighted by Crippen LogP contribution is 2.37.